The lowest BCUT2D eigenvalue weighted by atomic mass is 10.2. The van der Waals surface area contributed by atoms with Crippen LogP contribution >= 0.6 is 11.6 Å². The highest BCUT2D eigenvalue weighted by Gasteiger charge is 2.15. The molecule has 0 radical (unpaired) electrons. The number of nitrogens with zero attached hydrogens (tertiary/aromatic N) is 1. The summed E-state index contributed by atoms with van der Waals surface area (Å²) in [6, 6.07) is 9.45. The molecule has 1 heterocycles. The van der Waals surface area contributed by atoms with Crippen LogP contribution in [0.3, 0.4) is 0 Å². The second kappa shape index (κ2) is 7.37. The van der Waals surface area contributed by atoms with Crippen LogP contribution in [0, 0.1) is 0 Å². The molecule has 1 aromatic heterocycles. The zero-order chi connectivity index (χ0) is 16.8. The molecular weight excluding hydrogens is 320 g/mol. The summed E-state index contributed by atoms with van der Waals surface area (Å²) in [5.74, 6) is -1.92. The van der Waals surface area contributed by atoms with E-state index < -0.39 is 11.8 Å². The topological polar surface area (TPSA) is 100 Å². The molecule has 0 bridgehead atoms. The minimum atomic E-state index is -0.870. The summed E-state index contributed by atoms with van der Waals surface area (Å²) < 4.78 is 0. The fourth-order valence-electron chi connectivity index (χ4n) is 1.69. The van der Waals surface area contributed by atoms with Gasteiger partial charge in [-0.05, 0) is 36.4 Å². The van der Waals surface area contributed by atoms with E-state index in [-0.39, 0.29) is 16.7 Å². The summed E-state index contributed by atoms with van der Waals surface area (Å²) in [5.41, 5.74) is 1.24. The largest absolute Gasteiger partial charge is 0.326 e. The summed E-state index contributed by atoms with van der Waals surface area (Å²) in [6.45, 7) is 1.39. The second-order valence-electron chi connectivity index (χ2n) is 4.51. The highest BCUT2D eigenvalue weighted by atomic mass is 35.5. The van der Waals surface area contributed by atoms with Crippen molar-refractivity contribution in [2.75, 3.05) is 16.0 Å². The highest BCUT2D eigenvalue weighted by Crippen LogP contribution is 2.17. The van der Waals surface area contributed by atoms with Gasteiger partial charge in [0.25, 0.3) is 0 Å². The maximum absolute atomic E-state index is 11.8. The van der Waals surface area contributed by atoms with Crippen LogP contribution in [0.4, 0.5) is 17.1 Å². The minimum absolute atomic E-state index is 0.0910. The molecule has 118 valence electrons. The van der Waals surface area contributed by atoms with Gasteiger partial charge in [-0.1, -0.05) is 11.6 Å². The van der Waals surface area contributed by atoms with E-state index in [0.717, 1.165) is 0 Å². The number of halogens is 1. The van der Waals surface area contributed by atoms with Crippen molar-refractivity contribution < 1.29 is 14.4 Å². The Hall–Kier alpha value is -2.93. The molecule has 1 aromatic carbocycles. The number of carbonyl (C=O) groups excluding carboxylic acids is 3. The third-order valence-electron chi connectivity index (χ3n) is 2.68. The Bertz CT molecular complexity index is 747. The number of hydrogen-bond acceptors (Lipinski definition) is 4. The van der Waals surface area contributed by atoms with Crippen LogP contribution in [-0.4, -0.2) is 22.7 Å². The number of benzene rings is 1. The number of hydrogen-bond donors (Lipinski definition) is 3. The number of carbonyl (C=O) groups is 3. The molecule has 2 rings (SSSR count). The molecule has 2 aromatic rings. The Kier molecular flexibility index (Phi) is 5.27. The van der Waals surface area contributed by atoms with Crippen molar-refractivity contribution in [3.8, 4) is 0 Å². The molecule has 0 atom stereocenters. The van der Waals surface area contributed by atoms with Crippen LogP contribution in [0.1, 0.15) is 6.92 Å². The first-order chi connectivity index (χ1) is 11.0. The van der Waals surface area contributed by atoms with Gasteiger partial charge in [0.15, 0.2) is 5.15 Å². The molecule has 0 saturated carbocycles. The number of pyridine rings is 1. The first kappa shape index (κ1) is 16.4. The third kappa shape index (κ3) is 4.79. The predicted molar refractivity (Wildman–Crippen MR) is 87.3 cm³/mol. The van der Waals surface area contributed by atoms with Crippen molar-refractivity contribution in [2.45, 2.75) is 6.92 Å². The van der Waals surface area contributed by atoms with Crippen molar-refractivity contribution in [3.05, 3.63) is 47.7 Å². The van der Waals surface area contributed by atoms with Crippen LogP contribution in [0.25, 0.3) is 0 Å². The molecule has 23 heavy (non-hydrogen) atoms. The molecule has 0 saturated heterocycles. The molecule has 3 N–H and O–H groups in total. The average Bonchev–Trinajstić information content (AvgIpc) is 2.51. The summed E-state index contributed by atoms with van der Waals surface area (Å²) >= 11 is 5.80. The van der Waals surface area contributed by atoms with E-state index in [2.05, 4.69) is 20.9 Å². The summed E-state index contributed by atoms with van der Waals surface area (Å²) in [7, 11) is 0. The summed E-state index contributed by atoms with van der Waals surface area (Å²) in [4.78, 5) is 38.4. The van der Waals surface area contributed by atoms with Crippen LogP contribution in [-0.2, 0) is 14.4 Å². The standard InChI is InChI=1S/C15H13ClN4O3/c1-9(21)18-10-4-6-11(7-5-10)19-14(22)15(23)20-12-3-2-8-17-13(12)16/h2-8H,1H3,(H,18,21)(H,19,22)(H,20,23). The number of rotatable bonds is 3. The molecule has 0 unspecified atom stereocenters. The van der Waals surface area contributed by atoms with E-state index >= 15 is 0 Å². The van der Waals surface area contributed by atoms with Gasteiger partial charge in [0, 0.05) is 24.5 Å². The van der Waals surface area contributed by atoms with Crippen molar-refractivity contribution in [1.29, 1.82) is 0 Å². The van der Waals surface area contributed by atoms with Gasteiger partial charge >= 0.3 is 11.8 Å². The Balaban J connectivity index is 1.97. The molecule has 0 aliphatic rings. The van der Waals surface area contributed by atoms with Gasteiger partial charge in [-0.3, -0.25) is 14.4 Å². The molecule has 7 nitrogen and oxygen atoms in total. The van der Waals surface area contributed by atoms with Gasteiger partial charge in [-0.15, -0.1) is 0 Å². The lowest BCUT2D eigenvalue weighted by Gasteiger charge is -2.08. The van der Waals surface area contributed by atoms with E-state index in [1.165, 1.54) is 19.2 Å². The quantitative estimate of drug-likeness (QED) is 0.593. The first-order valence-electron chi connectivity index (χ1n) is 6.56. The lowest BCUT2D eigenvalue weighted by molar-refractivity contribution is -0.132. The number of nitrogens with one attached hydrogen (secondary N) is 3. The maximum atomic E-state index is 11.8. The maximum Gasteiger partial charge on any atom is 0.314 e. The Morgan fingerprint density at radius 3 is 2.04 bits per heavy atom. The fourth-order valence-corrected chi connectivity index (χ4v) is 1.85. The second-order valence-corrected chi connectivity index (χ2v) is 4.87. The monoisotopic (exact) mass is 332 g/mol. The van der Waals surface area contributed by atoms with Gasteiger partial charge in [0.1, 0.15) is 0 Å². The molecule has 0 aliphatic heterocycles. The SMILES string of the molecule is CC(=O)Nc1ccc(NC(=O)C(=O)Nc2cccnc2Cl)cc1. The third-order valence-corrected chi connectivity index (χ3v) is 2.98. The Morgan fingerprint density at radius 1 is 0.913 bits per heavy atom. The summed E-state index contributed by atoms with van der Waals surface area (Å²) in [5, 5.41) is 7.49. The van der Waals surface area contributed by atoms with E-state index in [4.69, 9.17) is 11.6 Å². The van der Waals surface area contributed by atoms with Crippen LogP contribution in [0.15, 0.2) is 42.6 Å². The van der Waals surface area contributed by atoms with Gasteiger partial charge in [0.2, 0.25) is 5.91 Å². The van der Waals surface area contributed by atoms with E-state index in [0.29, 0.717) is 11.4 Å². The van der Waals surface area contributed by atoms with Crippen LogP contribution in [0.2, 0.25) is 5.15 Å². The minimum Gasteiger partial charge on any atom is -0.326 e. The normalized spacial score (nSPS) is 9.83. The average molecular weight is 333 g/mol. The fraction of sp³-hybridized carbons (Fsp3) is 0.0667. The first-order valence-corrected chi connectivity index (χ1v) is 6.94. The Morgan fingerprint density at radius 2 is 1.48 bits per heavy atom. The van der Waals surface area contributed by atoms with Crippen LogP contribution in [0.5, 0.6) is 0 Å². The number of amides is 3. The molecule has 0 aliphatic carbocycles. The summed E-state index contributed by atoms with van der Waals surface area (Å²) in [6.07, 6.45) is 1.47. The van der Waals surface area contributed by atoms with Crippen molar-refractivity contribution >= 4 is 46.4 Å². The molecule has 8 heteroatoms. The molecular formula is C15H13ClN4O3. The molecule has 3 amide bonds. The van der Waals surface area contributed by atoms with Crippen molar-refractivity contribution in [3.63, 3.8) is 0 Å². The molecule has 0 fully saturated rings. The number of anilines is 3. The zero-order valence-corrected chi connectivity index (χ0v) is 12.8. The number of aromatic nitrogens is 1. The predicted octanol–water partition coefficient (Wildman–Crippen LogP) is 2.27. The van der Waals surface area contributed by atoms with Crippen molar-refractivity contribution in [1.82, 2.24) is 4.98 Å². The van der Waals surface area contributed by atoms with Crippen molar-refractivity contribution in [2.24, 2.45) is 0 Å². The zero-order valence-electron chi connectivity index (χ0n) is 12.1. The van der Waals surface area contributed by atoms with E-state index in [1.807, 2.05) is 0 Å². The lowest BCUT2D eigenvalue weighted by Crippen LogP contribution is -2.29. The van der Waals surface area contributed by atoms with E-state index in [9.17, 15) is 14.4 Å². The van der Waals surface area contributed by atoms with Gasteiger partial charge in [-0.25, -0.2) is 4.98 Å². The van der Waals surface area contributed by atoms with E-state index in [1.54, 1.807) is 30.3 Å². The Labute approximate surface area is 137 Å². The van der Waals surface area contributed by atoms with Gasteiger partial charge in [-0.2, -0.15) is 0 Å². The van der Waals surface area contributed by atoms with Gasteiger partial charge in [0.05, 0.1) is 5.69 Å². The van der Waals surface area contributed by atoms with Crippen LogP contribution < -0.4 is 16.0 Å². The highest BCUT2D eigenvalue weighted by molar-refractivity contribution is 6.44. The van der Waals surface area contributed by atoms with Gasteiger partial charge < -0.3 is 16.0 Å². The molecule has 0 spiro atoms. The smallest absolute Gasteiger partial charge is 0.314 e.